The molecule has 6 heteroatoms. The van der Waals surface area contributed by atoms with E-state index in [1.165, 1.54) is 167 Å². The number of carbonyl (C=O) groups excluding carboxylic acids is 3. The normalized spacial score (nSPS) is 12.7. The van der Waals surface area contributed by atoms with Crippen LogP contribution in [0.15, 0.2) is 97.2 Å². The highest BCUT2D eigenvalue weighted by atomic mass is 16.6. The van der Waals surface area contributed by atoms with E-state index in [0.29, 0.717) is 19.3 Å². The molecule has 0 saturated carbocycles. The van der Waals surface area contributed by atoms with Gasteiger partial charge >= 0.3 is 17.9 Å². The maximum absolute atomic E-state index is 12.9. The second kappa shape index (κ2) is 64.9. The summed E-state index contributed by atoms with van der Waals surface area (Å²) in [7, 11) is 0. The lowest BCUT2D eigenvalue weighted by Crippen LogP contribution is -2.30. The second-order valence-corrected chi connectivity index (χ2v) is 21.6. The number of allylic oxidation sites excluding steroid dienone is 16. The third-order valence-electron chi connectivity index (χ3n) is 14.0. The molecule has 0 aromatic carbocycles. The topological polar surface area (TPSA) is 78.9 Å². The quantitative estimate of drug-likeness (QED) is 0.0261. The molecule has 442 valence electrons. The van der Waals surface area contributed by atoms with Gasteiger partial charge in [-0.2, -0.15) is 0 Å². The molecule has 0 bridgehead atoms. The van der Waals surface area contributed by atoms with Gasteiger partial charge in [-0.15, -0.1) is 0 Å². The Balaban J connectivity index is 4.35. The van der Waals surface area contributed by atoms with E-state index in [1.54, 1.807) is 0 Å². The summed E-state index contributed by atoms with van der Waals surface area (Å²) in [5.41, 5.74) is 0. The van der Waals surface area contributed by atoms with Crippen molar-refractivity contribution in [3.63, 3.8) is 0 Å². The molecule has 0 N–H and O–H groups in total. The van der Waals surface area contributed by atoms with Crippen LogP contribution >= 0.6 is 0 Å². The minimum Gasteiger partial charge on any atom is -0.462 e. The predicted octanol–water partition coefficient (Wildman–Crippen LogP) is 22.4. The predicted molar refractivity (Wildman–Crippen MR) is 334 cm³/mol. The zero-order valence-corrected chi connectivity index (χ0v) is 50.7. The van der Waals surface area contributed by atoms with Crippen molar-refractivity contribution in [2.75, 3.05) is 13.2 Å². The van der Waals surface area contributed by atoms with Gasteiger partial charge in [-0.25, -0.2) is 0 Å². The molecule has 0 heterocycles. The van der Waals surface area contributed by atoms with E-state index in [1.807, 2.05) is 0 Å². The molecule has 0 aliphatic rings. The summed E-state index contributed by atoms with van der Waals surface area (Å²) in [5.74, 6) is -0.889. The van der Waals surface area contributed by atoms with Crippen LogP contribution in [0.5, 0.6) is 0 Å². The molecule has 6 nitrogen and oxygen atoms in total. The van der Waals surface area contributed by atoms with E-state index in [0.717, 1.165) is 109 Å². The molecule has 0 spiro atoms. The Labute approximate surface area is 477 Å². The van der Waals surface area contributed by atoms with Gasteiger partial charge in [0.2, 0.25) is 0 Å². The van der Waals surface area contributed by atoms with Crippen LogP contribution in [0.25, 0.3) is 0 Å². The molecule has 0 radical (unpaired) electrons. The van der Waals surface area contributed by atoms with Gasteiger partial charge in [0.1, 0.15) is 13.2 Å². The molecule has 1 unspecified atom stereocenters. The van der Waals surface area contributed by atoms with E-state index in [9.17, 15) is 14.4 Å². The number of hydrogen-bond acceptors (Lipinski definition) is 6. The van der Waals surface area contributed by atoms with Gasteiger partial charge in [-0.3, -0.25) is 14.4 Å². The summed E-state index contributed by atoms with van der Waals surface area (Å²) in [6.07, 6.45) is 86.9. The number of esters is 3. The summed E-state index contributed by atoms with van der Waals surface area (Å²) in [6.45, 7) is 6.49. The Morgan fingerprint density at radius 1 is 0.273 bits per heavy atom. The van der Waals surface area contributed by atoms with Gasteiger partial charge < -0.3 is 14.2 Å². The molecule has 0 aliphatic carbocycles. The molecule has 0 saturated heterocycles. The average molecular weight is 1070 g/mol. The van der Waals surface area contributed by atoms with Gasteiger partial charge in [-0.05, 0) is 122 Å². The van der Waals surface area contributed by atoms with Crippen LogP contribution in [-0.2, 0) is 28.6 Å². The smallest absolute Gasteiger partial charge is 0.306 e. The molecular weight excluding hydrogens is 949 g/mol. The third kappa shape index (κ3) is 63.0. The van der Waals surface area contributed by atoms with Crippen molar-refractivity contribution in [1.29, 1.82) is 0 Å². The van der Waals surface area contributed by atoms with Crippen molar-refractivity contribution in [1.82, 2.24) is 0 Å². The van der Waals surface area contributed by atoms with Crippen molar-refractivity contribution in [3.05, 3.63) is 97.2 Å². The van der Waals surface area contributed by atoms with Gasteiger partial charge in [0.05, 0.1) is 0 Å². The van der Waals surface area contributed by atoms with Crippen LogP contribution in [0.3, 0.4) is 0 Å². The molecule has 0 amide bonds. The fourth-order valence-corrected chi connectivity index (χ4v) is 9.14. The fourth-order valence-electron chi connectivity index (χ4n) is 9.14. The highest BCUT2D eigenvalue weighted by molar-refractivity contribution is 5.71. The Hall–Kier alpha value is -3.67. The molecule has 0 aromatic rings. The molecule has 77 heavy (non-hydrogen) atoms. The van der Waals surface area contributed by atoms with Gasteiger partial charge in [-0.1, -0.05) is 272 Å². The maximum Gasteiger partial charge on any atom is 0.306 e. The summed E-state index contributed by atoms with van der Waals surface area (Å²) >= 11 is 0. The summed E-state index contributed by atoms with van der Waals surface area (Å²) < 4.78 is 16.9. The first-order valence-electron chi connectivity index (χ1n) is 32.7. The largest absolute Gasteiger partial charge is 0.462 e. The van der Waals surface area contributed by atoms with Crippen molar-refractivity contribution >= 4 is 17.9 Å². The standard InChI is InChI=1S/C71H122O6/c1-4-7-10-13-16-19-22-25-28-31-32-33-34-35-36-37-38-41-43-46-49-52-55-58-61-64-70(73)76-67-68(77-71(74)65-62-59-56-53-50-47-44-40-30-27-24-21-18-15-12-9-6-3)66-75-69(72)63-60-57-54-51-48-45-42-39-29-26-23-20-17-14-11-8-5-2/h7,10,16-21,25-30,32-33,68H,4-6,8-9,11-15,22-24,31,34-67H2,1-3H3/b10-7-,19-16-,20-17-,21-18-,28-25-,29-26-,30-27-,33-32-. The lowest BCUT2D eigenvalue weighted by atomic mass is 10.0. The summed E-state index contributed by atoms with van der Waals surface area (Å²) in [4.78, 5) is 38.4. The Bertz CT molecular complexity index is 1510. The first-order valence-corrected chi connectivity index (χ1v) is 32.7. The number of carbonyl (C=O) groups is 3. The van der Waals surface area contributed by atoms with Crippen molar-refractivity contribution in [2.24, 2.45) is 0 Å². The highest BCUT2D eigenvalue weighted by Gasteiger charge is 2.19. The first kappa shape index (κ1) is 73.3. The molecular formula is C71H122O6. The van der Waals surface area contributed by atoms with Crippen LogP contribution in [0.4, 0.5) is 0 Å². The Morgan fingerprint density at radius 2 is 0.506 bits per heavy atom. The summed E-state index contributed by atoms with van der Waals surface area (Å²) in [6, 6.07) is 0. The van der Waals surface area contributed by atoms with E-state index >= 15 is 0 Å². The lowest BCUT2D eigenvalue weighted by Gasteiger charge is -2.18. The Morgan fingerprint density at radius 3 is 0.792 bits per heavy atom. The van der Waals surface area contributed by atoms with Crippen LogP contribution in [0, 0.1) is 0 Å². The molecule has 0 aromatic heterocycles. The van der Waals surface area contributed by atoms with Crippen molar-refractivity contribution in [2.45, 2.75) is 322 Å². The zero-order chi connectivity index (χ0) is 55.7. The zero-order valence-electron chi connectivity index (χ0n) is 50.7. The number of ether oxygens (including phenoxy) is 3. The SMILES string of the molecule is CC/C=C\C/C=C\C/C=C\C/C=C\CCCCCCCCCCCCCCC(=O)OCC(COC(=O)CCCCCCCCC/C=C\C/C=C\CCCCC)OC(=O)CCCCCCCCC/C=C\C/C=C\CCCCC. The molecule has 0 aliphatic heterocycles. The van der Waals surface area contributed by atoms with Crippen molar-refractivity contribution in [3.8, 4) is 0 Å². The Kier molecular flexibility index (Phi) is 61.8. The molecule has 1 atom stereocenters. The van der Waals surface area contributed by atoms with Gasteiger partial charge in [0.25, 0.3) is 0 Å². The minimum atomic E-state index is -0.788. The summed E-state index contributed by atoms with van der Waals surface area (Å²) in [5, 5.41) is 0. The molecule has 0 fully saturated rings. The number of unbranched alkanes of at least 4 members (excludes halogenated alkanes) is 32. The van der Waals surface area contributed by atoms with Crippen LogP contribution < -0.4 is 0 Å². The number of hydrogen-bond donors (Lipinski definition) is 0. The number of rotatable bonds is 59. The fraction of sp³-hybridized carbons (Fsp3) is 0.732. The lowest BCUT2D eigenvalue weighted by molar-refractivity contribution is -0.167. The second-order valence-electron chi connectivity index (χ2n) is 21.6. The first-order chi connectivity index (χ1) is 38.0. The monoisotopic (exact) mass is 1070 g/mol. The average Bonchev–Trinajstić information content (AvgIpc) is 3.43. The van der Waals surface area contributed by atoms with E-state index in [2.05, 4.69) is 118 Å². The van der Waals surface area contributed by atoms with Crippen LogP contribution in [0.2, 0.25) is 0 Å². The van der Waals surface area contributed by atoms with Gasteiger partial charge in [0.15, 0.2) is 6.10 Å². The third-order valence-corrected chi connectivity index (χ3v) is 14.0. The molecule has 0 rings (SSSR count). The van der Waals surface area contributed by atoms with Crippen LogP contribution in [-0.4, -0.2) is 37.2 Å². The van der Waals surface area contributed by atoms with Gasteiger partial charge in [0, 0.05) is 19.3 Å². The van der Waals surface area contributed by atoms with E-state index in [-0.39, 0.29) is 31.1 Å². The van der Waals surface area contributed by atoms with E-state index < -0.39 is 6.10 Å². The van der Waals surface area contributed by atoms with Crippen molar-refractivity contribution < 1.29 is 28.6 Å². The van der Waals surface area contributed by atoms with E-state index in [4.69, 9.17) is 14.2 Å². The highest BCUT2D eigenvalue weighted by Crippen LogP contribution is 2.16. The minimum absolute atomic E-state index is 0.0833. The maximum atomic E-state index is 12.9. The van der Waals surface area contributed by atoms with Crippen LogP contribution in [0.1, 0.15) is 316 Å².